The molecule has 1 aliphatic heterocycles. The third-order valence-electron chi connectivity index (χ3n) is 3.11. The van der Waals surface area contributed by atoms with Gasteiger partial charge >= 0.3 is 0 Å². The highest BCUT2D eigenvalue weighted by Crippen LogP contribution is 2.26. The Morgan fingerprint density at radius 3 is 1.80 bits per heavy atom. The Hall–Kier alpha value is -0.500. The quantitative estimate of drug-likeness (QED) is 0.606. The molecular formula is C13H26N2. The molecule has 0 bridgehead atoms. The van der Waals surface area contributed by atoms with E-state index < -0.39 is 0 Å². The first-order chi connectivity index (χ1) is 6.62. The standard InChI is InChI=1S/C13H26N2/c1-11-10-14(12(2,3)4)8-9-15(11)13(5,6)7/h1,8-10H2,2-7H3. The van der Waals surface area contributed by atoms with Crippen molar-refractivity contribution >= 4 is 0 Å². The molecule has 2 heteroatoms. The second-order valence-corrected chi connectivity index (χ2v) is 6.48. The zero-order valence-electron chi connectivity index (χ0n) is 11.2. The molecule has 0 aromatic rings. The van der Waals surface area contributed by atoms with Gasteiger partial charge in [-0.25, -0.2) is 0 Å². The van der Waals surface area contributed by atoms with E-state index in [4.69, 9.17) is 0 Å². The smallest absolute Gasteiger partial charge is 0.0383 e. The van der Waals surface area contributed by atoms with Crippen LogP contribution in [0.15, 0.2) is 12.3 Å². The van der Waals surface area contributed by atoms with E-state index in [2.05, 4.69) is 57.9 Å². The number of hydrogen-bond acceptors (Lipinski definition) is 2. The van der Waals surface area contributed by atoms with Gasteiger partial charge < -0.3 is 4.90 Å². The molecule has 0 unspecified atom stereocenters. The Kier molecular flexibility index (Phi) is 3.20. The highest BCUT2D eigenvalue weighted by Gasteiger charge is 2.31. The average Bonchev–Trinajstić information content (AvgIpc) is 1.99. The van der Waals surface area contributed by atoms with Gasteiger partial charge in [-0.2, -0.15) is 0 Å². The first-order valence-corrected chi connectivity index (χ1v) is 5.83. The zero-order chi connectivity index (χ0) is 11.9. The molecule has 0 aromatic carbocycles. The van der Waals surface area contributed by atoms with Gasteiger partial charge in [0.15, 0.2) is 0 Å². The van der Waals surface area contributed by atoms with E-state index in [1.807, 2.05) is 0 Å². The molecule has 1 fully saturated rings. The lowest BCUT2D eigenvalue weighted by molar-refractivity contribution is 0.0557. The zero-order valence-corrected chi connectivity index (χ0v) is 11.2. The lowest BCUT2D eigenvalue weighted by Gasteiger charge is -2.49. The van der Waals surface area contributed by atoms with Crippen LogP contribution in [0.5, 0.6) is 0 Å². The van der Waals surface area contributed by atoms with Crippen LogP contribution < -0.4 is 0 Å². The summed E-state index contributed by atoms with van der Waals surface area (Å²) < 4.78 is 0. The number of rotatable bonds is 0. The molecule has 2 nitrogen and oxygen atoms in total. The average molecular weight is 210 g/mol. The Morgan fingerprint density at radius 1 is 0.933 bits per heavy atom. The van der Waals surface area contributed by atoms with Crippen molar-refractivity contribution < 1.29 is 0 Å². The van der Waals surface area contributed by atoms with Gasteiger partial charge in [0.25, 0.3) is 0 Å². The Labute approximate surface area is 94.9 Å². The maximum absolute atomic E-state index is 4.21. The van der Waals surface area contributed by atoms with Crippen LogP contribution in [0.4, 0.5) is 0 Å². The predicted molar refractivity (Wildman–Crippen MR) is 66.9 cm³/mol. The lowest BCUT2D eigenvalue weighted by Crippen LogP contribution is -2.56. The maximum Gasteiger partial charge on any atom is 0.0383 e. The fraction of sp³-hybridized carbons (Fsp3) is 0.846. The van der Waals surface area contributed by atoms with Crippen LogP contribution in [0.25, 0.3) is 0 Å². The second kappa shape index (κ2) is 3.82. The van der Waals surface area contributed by atoms with Crippen molar-refractivity contribution in [2.45, 2.75) is 52.6 Å². The summed E-state index contributed by atoms with van der Waals surface area (Å²) in [6.07, 6.45) is 0. The Bertz CT molecular complexity index is 242. The van der Waals surface area contributed by atoms with Gasteiger partial charge in [-0.1, -0.05) is 6.58 Å². The molecule has 0 N–H and O–H groups in total. The normalized spacial score (nSPS) is 20.9. The molecular weight excluding hydrogens is 184 g/mol. The monoisotopic (exact) mass is 210 g/mol. The highest BCUT2D eigenvalue weighted by atomic mass is 15.3. The van der Waals surface area contributed by atoms with E-state index in [0.29, 0.717) is 0 Å². The minimum absolute atomic E-state index is 0.209. The first kappa shape index (κ1) is 12.6. The topological polar surface area (TPSA) is 6.48 Å². The van der Waals surface area contributed by atoms with E-state index in [1.165, 1.54) is 5.70 Å². The van der Waals surface area contributed by atoms with Crippen LogP contribution >= 0.6 is 0 Å². The van der Waals surface area contributed by atoms with Crippen molar-refractivity contribution in [1.82, 2.24) is 9.80 Å². The SMILES string of the molecule is C=C1CN(C(C)(C)C)CCN1C(C)(C)C. The molecule has 1 saturated heterocycles. The van der Waals surface area contributed by atoms with Gasteiger partial charge in [0.1, 0.15) is 0 Å². The second-order valence-electron chi connectivity index (χ2n) is 6.48. The van der Waals surface area contributed by atoms with Crippen LogP contribution in [-0.2, 0) is 0 Å². The summed E-state index contributed by atoms with van der Waals surface area (Å²) in [5, 5.41) is 0. The summed E-state index contributed by atoms with van der Waals surface area (Å²) in [7, 11) is 0. The van der Waals surface area contributed by atoms with Crippen molar-refractivity contribution in [3.8, 4) is 0 Å². The molecule has 0 spiro atoms. The van der Waals surface area contributed by atoms with Gasteiger partial charge in [-0.15, -0.1) is 0 Å². The summed E-state index contributed by atoms with van der Waals surface area (Å²) >= 11 is 0. The van der Waals surface area contributed by atoms with Crippen LogP contribution in [0.2, 0.25) is 0 Å². The van der Waals surface area contributed by atoms with Gasteiger partial charge in [-0.3, -0.25) is 4.90 Å². The molecule has 0 atom stereocenters. The molecule has 1 aliphatic rings. The molecule has 88 valence electrons. The summed E-state index contributed by atoms with van der Waals surface area (Å²) in [5.74, 6) is 0. The Balaban J connectivity index is 2.68. The maximum atomic E-state index is 4.21. The van der Waals surface area contributed by atoms with Crippen molar-refractivity contribution in [1.29, 1.82) is 0 Å². The minimum Gasteiger partial charge on any atom is -0.368 e. The van der Waals surface area contributed by atoms with Crippen LogP contribution in [0.1, 0.15) is 41.5 Å². The van der Waals surface area contributed by atoms with Gasteiger partial charge in [0, 0.05) is 36.4 Å². The fourth-order valence-electron chi connectivity index (χ4n) is 2.15. The van der Waals surface area contributed by atoms with E-state index in [1.54, 1.807) is 0 Å². The largest absolute Gasteiger partial charge is 0.368 e. The summed E-state index contributed by atoms with van der Waals surface area (Å²) in [5.41, 5.74) is 1.72. The molecule has 0 aromatic heterocycles. The fourth-order valence-corrected chi connectivity index (χ4v) is 2.15. The van der Waals surface area contributed by atoms with Crippen molar-refractivity contribution in [2.75, 3.05) is 19.6 Å². The summed E-state index contributed by atoms with van der Waals surface area (Å²) in [6.45, 7) is 21.0. The molecule has 15 heavy (non-hydrogen) atoms. The molecule has 1 heterocycles. The number of hydrogen-bond donors (Lipinski definition) is 0. The molecule has 1 rings (SSSR count). The van der Waals surface area contributed by atoms with Crippen molar-refractivity contribution in [3.63, 3.8) is 0 Å². The van der Waals surface area contributed by atoms with E-state index >= 15 is 0 Å². The predicted octanol–water partition coefficient (Wildman–Crippen LogP) is 2.71. The first-order valence-electron chi connectivity index (χ1n) is 5.83. The summed E-state index contributed by atoms with van der Waals surface area (Å²) in [4.78, 5) is 4.92. The number of nitrogens with zero attached hydrogens (tertiary/aromatic N) is 2. The number of piperazine rings is 1. The summed E-state index contributed by atoms with van der Waals surface area (Å²) in [6, 6.07) is 0. The lowest BCUT2D eigenvalue weighted by atomic mass is 10.00. The van der Waals surface area contributed by atoms with Gasteiger partial charge in [0.2, 0.25) is 0 Å². The molecule has 0 radical (unpaired) electrons. The van der Waals surface area contributed by atoms with Gasteiger partial charge in [0.05, 0.1) is 0 Å². The van der Waals surface area contributed by atoms with Crippen LogP contribution in [0, 0.1) is 0 Å². The van der Waals surface area contributed by atoms with Crippen LogP contribution in [-0.4, -0.2) is 40.5 Å². The minimum atomic E-state index is 0.209. The highest BCUT2D eigenvalue weighted by molar-refractivity contribution is 5.06. The molecule has 0 amide bonds. The van der Waals surface area contributed by atoms with Gasteiger partial charge in [-0.05, 0) is 41.5 Å². The van der Waals surface area contributed by atoms with Crippen molar-refractivity contribution in [3.05, 3.63) is 12.3 Å². The third-order valence-corrected chi connectivity index (χ3v) is 3.11. The van der Waals surface area contributed by atoms with E-state index in [-0.39, 0.29) is 11.1 Å². The van der Waals surface area contributed by atoms with E-state index in [0.717, 1.165) is 19.6 Å². The van der Waals surface area contributed by atoms with E-state index in [9.17, 15) is 0 Å². The third kappa shape index (κ3) is 2.97. The van der Waals surface area contributed by atoms with Crippen molar-refractivity contribution in [2.24, 2.45) is 0 Å². The molecule has 0 saturated carbocycles. The van der Waals surface area contributed by atoms with Crippen LogP contribution in [0.3, 0.4) is 0 Å². The molecule has 0 aliphatic carbocycles. The Morgan fingerprint density at radius 2 is 1.47 bits per heavy atom.